The van der Waals surface area contributed by atoms with Crippen molar-refractivity contribution in [3.05, 3.63) is 28.2 Å². The number of phenolic OH excluding ortho intramolecular Hbond substituents is 1. The first-order valence-electron chi connectivity index (χ1n) is 8.15. The summed E-state index contributed by atoms with van der Waals surface area (Å²) in [5.41, 5.74) is 0.989. The molecule has 2 rings (SSSR count). The molecule has 1 saturated heterocycles. The van der Waals surface area contributed by atoms with Gasteiger partial charge in [0.25, 0.3) is 0 Å². The fraction of sp³-hybridized carbons (Fsp3) is 0.647. The molecule has 0 radical (unpaired) electrons. The smallest absolute Gasteiger partial charge is 0.120 e. The Hall–Kier alpha value is -0.580. The van der Waals surface area contributed by atoms with E-state index < -0.39 is 0 Å². The van der Waals surface area contributed by atoms with Crippen molar-refractivity contribution >= 4 is 15.9 Å². The highest BCUT2D eigenvalue weighted by atomic mass is 79.9. The molecule has 1 heterocycles. The van der Waals surface area contributed by atoms with Gasteiger partial charge in [0, 0.05) is 29.2 Å². The molecule has 4 heteroatoms. The molecule has 1 aromatic carbocycles. The first kappa shape index (κ1) is 16.8. The van der Waals surface area contributed by atoms with Crippen LogP contribution in [0.3, 0.4) is 0 Å². The first-order chi connectivity index (χ1) is 10.2. The molecule has 0 aromatic heterocycles. The van der Waals surface area contributed by atoms with Crippen molar-refractivity contribution in [3.8, 4) is 5.75 Å². The van der Waals surface area contributed by atoms with Gasteiger partial charge in [-0.3, -0.25) is 0 Å². The van der Waals surface area contributed by atoms with E-state index in [0.717, 1.165) is 29.5 Å². The van der Waals surface area contributed by atoms with Crippen molar-refractivity contribution in [2.75, 3.05) is 26.2 Å². The molecule has 1 atom stereocenters. The van der Waals surface area contributed by atoms with Gasteiger partial charge >= 0.3 is 0 Å². The van der Waals surface area contributed by atoms with Crippen molar-refractivity contribution in [2.45, 2.75) is 45.1 Å². The topological polar surface area (TPSA) is 35.5 Å². The summed E-state index contributed by atoms with van der Waals surface area (Å²) in [5.74, 6) is 0.382. The fourth-order valence-electron chi connectivity index (χ4n) is 3.04. The lowest BCUT2D eigenvalue weighted by Crippen LogP contribution is -2.34. The first-order valence-corrected chi connectivity index (χ1v) is 8.94. The summed E-state index contributed by atoms with van der Waals surface area (Å²) in [6.07, 6.45) is 6.41. The molecule has 1 fully saturated rings. The summed E-state index contributed by atoms with van der Waals surface area (Å²) in [6.45, 7) is 6.71. The molecular formula is C17H27BrN2O. The molecule has 0 amide bonds. The Morgan fingerprint density at radius 2 is 1.95 bits per heavy atom. The SMILES string of the molecule is CCC(NCCN1CCCCCC1)c1cc(Br)ccc1O. The second-order valence-electron chi connectivity index (χ2n) is 5.87. The number of aromatic hydroxyl groups is 1. The van der Waals surface area contributed by atoms with Crippen molar-refractivity contribution in [1.82, 2.24) is 10.2 Å². The highest BCUT2D eigenvalue weighted by Crippen LogP contribution is 2.29. The Balaban J connectivity index is 1.85. The zero-order valence-corrected chi connectivity index (χ0v) is 14.5. The predicted molar refractivity (Wildman–Crippen MR) is 91.7 cm³/mol. The quantitative estimate of drug-likeness (QED) is 0.807. The molecule has 21 heavy (non-hydrogen) atoms. The average Bonchev–Trinajstić information content (AvgIpc) is 2.75. The molecule has 0 aliphatic carbocycles. The summed E-state index contributed by atoms with van der Waals surface area (Å²) >= 11 is 3.49. The molecule has 0 saturated carbocycles. The lowest BCUT2D eigenvalue weighted by molar-refractivity contribution is 0.278. The predicted octanol–water partition coefficient (Wildman–Crippen LogP) is 4.07. The number of rotatable bonds is 6. The van der Waals surface area contributed by atoms with Crippen LogP contribution >= 0.6 is 15.9 Å². The highest BCUT2D eigenvalue weighted by Gasteiger charge is 2.14. The number of halogens is 1. The maximum absolute atomic E-state index is 10.1. The number of phenols is 1. The van der Waals surface area contributed by atoms with Crippen molar-refractivity contribution in [1.29, 1.82) is 0 Å². The van der Waals surface area contributed by atoms with Crippen LogP contribution in [0.2, 0.25) is 0 Å². The number of hydrogen-bond donors (Lipinski definition) is 2. The fourth-order valence-corrected chi connectivity index (χ4v) is 3.41. The van der Waals surface area contributed by atoms with Gasteiger partial charge in [-0.25, -0.2) is 0 Å². The molecule has 0 bridgehead atoms. The maximum Gasteiger partial charge on any atom is 0.120 e. The Labute approximate surface area is 136 Å². The minimum Gasteiger partial charge on any atom is -0.508 e. The Morgan fingerprint density at radius 1 is 1.24 bits per heavy atom. The van der Waals surface area contributed by atoms with Crippen molar-refractivity contribution in [3.63, 3.8) is 0 Å². The summed E-state index contributed by atoms with van der Waals surface area (Å²) in [5, 5.41) is 13.6. The summed E-state index contributed by atoms with van der Waals surface area (Å²) < 4.78 is 1.02. The van der Waals surface area contributed by atoms with E-state index in [2.05, 4.69) is 33.1 Å². The van der Waals surface area contributed by atoms with Crippen LogP contribution in [-0.4, -0.2) is 36.2 Å². The maximum atomic E-state index is 10.1. The lowest BCUT2D eigenvalue weighted by atomic mass is 10.0. The van der Waals surface area contributed by atoms with E-state index in [1.54, 1.807) is 6.07 Å². The van der Waals surface area contributed by atoms with Gasteiger partial charge in [0.2, 0.25) is 0 Å². The van der Waals surface area contributed by atoms with E-state index in [1.807, 2.05) is 12.1 Å². The number of nitrogens with one attached hydrogen (secondary N) is 1. The second-order valence-corrected chi connectivity index (χ2v) is 6.79. The minimum absolute atomic E-state index is 0.217. The van der Waals surface area contributed by atoms with Crippen LogP contribution in [0, 0.1) is 0 Å². The van der Waals surface area contributed by atoms with E-state index in [-0.39, 0.29) is 6.04 Å². The summed E-state index contributed by atoms with van der Waals surface area (Å²) in [4.78, 5) is 2.56. The van der Waals surface area contributed by atoms with Gasteiger partial charge in [-0.1, -0.05) is 35.7 Å². The van der Waals surface area contributed by atoms with Crippen molar-refractivity contribution in [2.24, 2.45) is 0 Å². The van der Waals surface area contributed by atoms with Crippen LogP contribution in [0.15, 0.2) is 22.7 Å². The number of benzene rings is 1. The second kappa shape index (κ2) is 8.76. The van der Waals surface area contributed by atoms with E-state index in [4.69, 9.17) is 0 Å². The van der Waals surface area contributed by atoms with E-state index in [1.165, 1.54) is 38.8 Å². The minimum atomic E-state index is 0.217. The molecule has 1 aromatic rings. The molecular weight excluding hydrogens is 328 g/mol. The molecule has 1 aliphatic rings. The van der Waals surface area contributed by atoms with Gasteiger partial charge in [0.15, 0.2) is 0 Å². The molecule has 1 aliphatic heterocycles. The third kappa shape index (κ3) is 5.28. The van der Waals surface area contributed by atoms with Crippen LogP contribution < -0.4 is 5.32 Å². The number of nitrogens with zero attached hydrogens (tertiary/aromatic N) is 1. The van der Waals surface area contributed by atoms with Crippen LogP contribution in [0.25, 0.3) is 0 Å². The van der Waals surface area contributed by atoms with Gasteiger partial charge in [-0.2, -0.15) is 0 Å². The van der Waals surface area contributed by atoms with Gasteiger partial charge in [-0.15, -0.1) is 0 Å². The monoisotopic (exact) mass is 354 g/mol. The van der Waals surface area contributed by atoms with Crippen LogP contribution in [0.1, 0.15) is 50.6 Å². The normalized spacial score (nSPS) is 18.4. The molecule has 3 nitrogen and oxygen atoms in total. The molecule has 118 valence electrons. The molecule has 1 unspecified atom stereocenters. The average molecular weight is 355 g/mol. The van der Waals surface area contributed by atoms with Crippen LogP contribution in [0.5, 0.6) is 5.75 Å². The van der Waals surface area contributed by atoms with E-state index >= 15 is 0 Å². The van der Waals surface area contributed by atoms with Gasteiger partial charge in [0.1, 0.15) is 5.75 Å². The zero-order valence-electron chi connectivity index (χ0n) is 12.9. The van der Waals surface area contributed by atoms with Gasteiger partial charge < -0.3 is 15.3 Å². The van der Waals surface area contributed by atoms with Gasteiger partial charge in [-0.05, 0) is 50.6 Å². The van der Waals surface area contributed by atoms with Crippen LogP contribution in [0.4, 0.5) is 0 Å². The Morgan fingerprint density at radius 3 is 2.62 bits per heavy atom. The Bertz CT molecular complexity index is 431. The third-order valence-corrected chi connectivity index (χ3v) is 4.78. The summed E-state index contributed by atoms with van der Waals surface area (Å²) in [6, 6.07) is 5.87. The standard InChI is InChI=1S/C17H27BrN2O/c1-2-16(15-13-14(18)7-8-17(15)21)19-9-12-20-10-5-3-4-6-11-20/h7-8,13,16,19,21H,2-6,9-12H2,1H3. The zero-order chi connectivity index (χ0) is 15.1. The molecule has 2 N–H and O–H groups in total. The summed E-state index contributed by atoms with van der Waals surface area (Å²) in [7, 11) is 0. The molecule has 0 spiro atoms. The Kier molecular flexibility index (Phi) is 7.00. The third-order valence-electron chi connectivity index (χ3n) is 4.29. The van der Waals surface area contributed by atoms with Gasteiger partial charge in [0.05, 0.1) is 0 Å². The van der Waals surface area contributed by atoms with E-state index in [0.29, 0.717) is 5.75 Å². The van der Waals surface area contributed by atoms with E-state index in [9.17, 15) is 5.11 Å². The van der Waals surface area contributed by atoms with Crippen molar-refractivity contribution < 1.29 is 5.11 Å². The van der Waals surface area contributed by atoms with Crippen LogP contribution in [-0.2, 0) is 0 Å². The lowest BCUT2D eigenvalue weighted by Gasteiger charge is -2.23. The number of hydrogen-bond acceptors (Lipinski definition) is 3. The highest BCUT2D eigenvalue weighted by molar-refractivity contribution is 9.10. The largest absolute Gasteiger partial charge is 0.508 e. The number of likely N-dealkylation sites (tertiary alicyclic amines) is 1.